The predicted molar refractivity (Wildman–Crippen MR) is 115 cm³/mol. The molecule has 0 fully saturated rings. The molecule has 2 N–H and O–H groups in total. The van der Waals surface area contributed by atoms with Gasteiger partial charge in [-0.1, -0.05) is 78.4 Å². The topological polar surface area (TPSA) is 84.5 Å². The van der Waals surface area contributed by atoms with Gasteiger partial charge in [-0.05, 0) is 30.2 Å². The lowest BCUT2D eigenvalue weighted by Crippen LogP contribution is -2.40. The number of carbonyl (C=O) groups excluding carboxylic acids is 1. The molecule has 30 heavy (non-hydrogen) atoms. The van der Waals surface area contributed by atoms with Gasteiger partial charge in [0.2, 0.25) is 10.0 Å². The summed E-state index contributed by atoms with van der Waals surface area (Å²) in [6.45, 7) is 1.89. The zero-order valence-corrected chi connectivity index (χ0v) is 17.6. The van der Waals surface area contributed by atoms with Crippen molar-refractivity contribution in [2.75, 3.05) is 7.11 Å². The van der Waals surface area contributed by atoms with Crippen molar-refractivity contribution in [1.82, 2.24) is 10.0 Å². The molecule has 7 heteroatoms. The summed E-state index contributed by atoms with van der Waals surface area (Å²) < 4.78 is 33.9. The van der Waals surface area contributed by atoms with Gasteiger partial charge in [-0.2, -0.15) is 0 Å². The highest BCUT2D eigenvalue weighted by atomic mass is 32.2. The Morgan fingerprint density at radius 3 is 1.80 bits per heavy atom. The normalized spacial score (nSPS) is 13.3. The van der Waals surface area contributed by atoms with Crippen LogP contribution in [0.15, 0.2) is 89.8 Å². The highest BCUT2D eigenvalue weighted by molar-refractivity contribution is 7.89. The second kappa shape index (κ2) is 9.56. The largest absolute Gasteiger partial charge is 0.453 e. The van der Waals surface area contributed by atoms with Crippen LogP contribution in [0, 0.1) is 6.92 Å². The van der Waals surface area contributed by atoms with Gasteiger partial charge in [-0.15, -0.1) is 0 Å². The zero-order chi connectivity index (χ0) is 21.6. The molecule has 1 amide bonds. The highest BCUT2D eigenvalue weighted by Gasteiger charge is 2.31. The number of carbonyl (C=O) groups is 1. The third kappa shape index (κ3) is 5.25. The number of nitrogens with one attached hydrogen (secondary N) is 2. The van der Waals surface area contributed by atoms with Crippen LogP contribution >= 0.6 is 0 Å². The summed E-state index contributed by atoms with van der Waals surface area (Å²) in [7, 11) is -2.59. The van der Waals surface area contributed by atoms with E-state index >= 15 is 0 Å². The second-order valence-corrected chi connectivity index (χ2v) is 8.56. The predicted octanol–water partition coefficient (Wildman–Crippen LogP) is 4.11. The lowest BCUT2D eigenvalue weighted by atomic mass is 9.94. The van der Waals surface area contributed by atoms with Crippen molar-refractivity contribution in [2.24, 2.45) is 0 Å². The molecule has 6 nitrogen and oxygen atoms in total. The Morgan fingerprint density at radius 2 is 1.30 bits per heavy atom. The van der Waals surface area contributed by atoms with Gasteiger partial charge in [0, 0.05) is 0 Å². The van der Waals surface area contributed by atoms with E-state index in [1.54, 1.807) is 24.3 Å². The molecule has 0 aliphatic rings. The van der Waals surface area contributed by atoms with Crippen molar-refractivity contribution in [1.29, 1.82) is 0 Å². The Hall–Kier alpha value is -3.16. The quantitative estimate of drug-likeness (QED) is 0.598. The first kappa shape index (κ1) is 21.5. The third-order valence-electron chi connectivity index (χ3n) is 4.72. The standard InChI is InChI=1S/C23H24N2O4S/c1-17-13-15-20(16-14-17)30(27,28)25-22(19-11-7-4-8-12-19)21(24-23(26)29-2)18-9-5-3-6-10-18/h3-16,21-22,25H,1-2H3,(H,24,26)/t21-,22-/m1/s1. The van der Waals surface area contributed by atoms with Crippen molar-refractivity contribution in [3.63, 3.8) is 0 Å². The molecule has 156 valence electrons. The Balaban J connectivity index is 2.06. The maximum absolute atomic E-state index is 13.2. The molecule has 0 unspecified atom stereocenters. The van der Waals surface area contributed by atoms with Crippen LogP contribution in [-0.2, 0) is 14.8 Å². The fraction of sp³-hybridized carbons (Fsp3) is 0.174. The number of rotatable bonds is 7. The summed E-state index contributed by atoms with van der Waals surface area (Å²) >= 11 is 0. The van der Waals surface area contributed by atoms with Gasteiger partial charge in [0.05, 0.1) is 24.1 Å². The van der Waals surface area contributed by atoms with Crippen LogP contribution in [0.25, 0.3) is 0 Å². The summed E-state index contributed by atoms with van der Waals surface area (Å²) in [4.78, 5) is 12.2. The van der Waals surface area contributed by atoms with Gasteiger partial charge in [0.15, 0.2) is 0 Å². The third-order valence-corrected chi connectivity index (χ3v) is 6.18. The van der Waals surface area contributed by atoms with E-state index in [9.17, 15) is 13.2 Å². The van der Waals surface area contributed by atoms with Crippen molar-refractivity contribution in [3.8, 4) is 0 Å². The minimum absolute atomic E-state index is 0.152. The average molecular weight is 425 g/mol. The van der Waals surface area contributed by atoms with E-state index in [0.29, 0.717) is 5.56 Å². The number of hydrogen-bond donors (Lipinski definition) is 2. The summed E-state index contributed by atoms with van der Waals surface area (Å²) in [6.07, 6.45) is -0.653. The van der Waals surface area contributed by atoms with E-state index in [0.717, 1.165) is 11.1 Å². The highest BCUT2D eigenvalue weighted by Crippen LogP contribution is 2.31. The van der Waals surface area contributed by atoms with E-state index in [1.807, 2.05) is 67.6 Å². The molecule has 0 radical (unpaired) electrons. The van der Waals surface area contributed by atoms with Crippen LogP contribution in [0.5, 0.6) is 0 Å². The fourth-order valence-corrected chi connectivity index (χ4v) is 4.38. The number of ether oxygens (including phenoxy) is 1. The maximum atomic E-state index is 13.2. The van der Waals surface area contributed by atoms with Crippen LogP contribution in [-0.4, -0.2) is 21.6 Å². The molecular weight excluding hydrogens is 400 g/mol. The molecule has 0 aliphatic heterocycles. The number of sulfonamides is 1. The van der Waals surface area contributed by atoms with E-state index in [2.05, 4.69) is 10.0 Å². The molecule has 2 atom stereocenters. The van der Waals surface area contributed by atoms with Crippen molar-refractivity contribution in [3.05, 3.63) is 102 Å². The van der Waals surface area contributed by atoms with E-state index in [4.69, 9.17) is 4.74 Å². The van der Waals surface area contributed by atoms with Gasteiger partial charge in [-0.3, -0.25) is 0 Å². The molecule has 3 aromatic rings. The molecular formula is C23H24N2O4S. The Labute approximate surface area is 177 Å². The fourth-order valence-electron chi connectivity index (χ4n) is 3.15. The van der Waals surface area contributed by atoms with Crippen LogP contribution in [0.1, 0.15) is 28.8 Å². The molecule has 0 saturated carbocycles. The molecule has 0 aromatic heterocycles. The number of benzene rings is 3. The lowest BCUT2D eigenvalue weighted by Gasteiger charge is -2.29. The first-order valence-corrected chi connectivity index (χ1v) is 10.9. The minimum atomic E-state index is -3.86. The van der Waals surface area contributed by atoms with E-state index in [-0.39, 0.29) is 4.90 Å². The van der Waals surface area contributed by atoms with Crippen molar-refractivity contribution >= 4 is 16.1 Å². The number of hydrogen-bond acceptors (Lipinski definition) is 4. The summed E-state index contributed by atoms with van der Waals surface area (Å²) in [6, 6.07) is 23.5. The first-order valence-electron chi connectivity index (χ1n) is 9.44. The molecule has 0 heterocycles. The Morgan fingerprint density at radius 1 is 0.800 bits per heavy atom. The van der Waals surface area contributed by atoms with Crippen LogP contribution in [0.3, 0.4) is 0 Å². The molecule has 3 rings (SSSR count). The van der Waals surface area contributed by atoms with Crippen molar-refractivity contribution < 1.29 is 17.9 Å². The Bertz CT molecular complexity index is 1070. The smallest absolute Gasteiger partial charge is 0.407 e. The monoisotopic (exact) mass is 424 g/mol. The zero-order valence-electron chi connectivity index (χ0n) is 16.8. The molecule has 0 aliphatic carbocycles. The number of amides is 1. The average Bonchev–Trinajstić information content (AvgIpc) is 2.77. The van der Waals surface area contributed by atoms with E-state index < -0.39 is 28.2 Å². The summed E-state index contributed by atoms with van der Waals surface area (Å²) in [5.41, 5.74) is 2.41. The molecule has 0 saturated heterocycles. The summed E-state index contributed by atoms with van der Waals surface area (Å²) in [5.74, 6) is 0. The number of aryl methyl sites for hydroxylation is 1. The van der Waals surface area contributed by atoms with Gasteiger partial charge < -0.3 is 10.1 Å². The van der Waals surface area contributed by atoms with Gasteiger partial charge >= 0.3 is 6.09 Å². The maximum Gasteiger partial charge on any atom is 0.407 e. The number of alkyl carbamates (subject to hydrolysis) is 1. The van der Waals surface area contributed by atoms with Gasteiger partial charge in [-0.25, -0.2) is 17.9 Å². The number of methoxy groups -OCH3 is 1. The van der Waals surface area contributed by atoms with E-state index in [1.165, 1.54) is 7.11 Å². The molecule has 3 aromatic carbocycles. The van der Waals surface area contributed by atoms with Gasteiger partial charge in [0.25, 0.3) is 0 Å². The molecule has 0 bridgehead atoms. The molecule has 0 spiro atoms. The van der Waals surface area contributed by atoms with Crippen LogP contribution in [0.4, 0.5) is 4.79 Å². The van der Waals surface area contributed by atoms with Crippen LogP contribution < -0.4 is 10.0 Å². The van der Waals surface area contributed by atoms with Gasteiger partial charge in [0.1, 0.15) is 0 Å². The lowest BCUT2D eigenvalue weighted by molar-refractivity contribution is 0.164. The van der Waals surface area contributed by atoms with Crippen LogP contribution in [0.2, 0.25) is 0 Å². The first-order chi connectivity index (χ1) is 14.4. The Kier molecular flexibility index (Phi) is 6.87. The van der Waals surface area contributed by atoms with Crippen molar-refractivity contribution in [2.45, 2.75) is 23.9 Å². The summed E-state index contributed by atoms with van der Waals surface area (Å²) in [5, 5.41) is 2.78. The minimum Gasteiger partial charge on any atom is -0.453 e. The SMILES string of the molecule is COC(=O)N[C@H](c1ccccc1)[C@H](NS(=O)(=O)c1ccc(C)cc1)c1ccccc1. The second-order valence-electron chi connectivity index (χ2n) is 6.85.